The van der Waals surface area contributed by atoms with E-state index in [0.717, 1.165) is 11.5 Å². The number of ether oxygens (including phenoxy) is 1. The van der Waals surface area contributed by atoms with Crippen molar-refractivity contribution >= 4 is 17.7 Å². The molecule has 0 radical (unpaired) electrons. The minimum Gasteiger partial charge on any atom is -0.463 e. The summed E-state index contributed by atoms with van der Waals surface area (Å²) in [7, 11) is 0. The van der Waals surface area contributed by atoms with Gasteiger partial charge in [0.1, 0.15) is 0 Å². The molecule has 0 saturated heterocycles. The molecule has 0 spiro atoms. The molecule has 0 aromatic rings. The predicted molar refractivity (Wildman–Crippen MR) is 61.4 cm³/mol. The highest BCUT2D eigenvalue weighted by molar-refractivity contribution is 7.99. The molecule has 0 aliphatic carbocycles. The molecule has 0 aliphatic rings. The van der Waals surface area contributed by atoms with Crippen LogP contribution in [-0.2, 0) is 9.53 Å². The Balaban J connectivity index is 3.49. The molecular weight excluding hydrogens is 198 g/mol. The van der Waals surface area contributed by atoms with E-state index in [1.54, 1.807) is 24.8 Å². The van der Waals surface area contributed by atoms with E-state index in [9.17, 15) is 4.79 Å². The standard InChI is InChI=1S/C10H19NO2S/c1-4-13-9(12)6-5-7-14-8-10(2,3)11/h5-6H,4,7-8,11H2,1-3H3/b6-5+. The highest BCUT2D eigenvalue weighted by atomic mass is 32.2. The predicted octanol–water partition coefficient (Wildman–Crippen LogP) is 1.58. The van der Waals surface area contributed by atoms with Crippen LogP contribution < -0.4 is 5.73 Å². The molecule has 0 aromatic carbocycles. The molecule has 0 rings (SSSR count). The summed E-state index contributed by atoms with van der Waals surface area (Å²) in [6.07, 6.45) is 3.26. The molecular formula is C10H19NO2S. The summed E-state index contributed by atoms with van der Waals surface area (Å²) in [5.74, 6) is 1.39. The third-order valence-corrected chi connectivity index (χ3v) is 2.60. The minimum absolute atomic E-state index is 0.150. The maximum absolute atomic E-state index is 10.9. The van der Waals surface area contributed by atoms with E-state index in [4.69, 9.17) is 10.5 Å². The molecule has 0 fully saturated rings. The van der Waals surface area contributed by atoms with Crippen LogP contribution in [-0.4, -0.2) is 29.6 Å². The molecule has 0 amide bonds. The Morgan fingerprint density at radius 1 is 1.57 bits per heavy atom. The van der Waals surface area contributed by atoms with Gasteiger partial charge in [-0.2, -0.15) is 11.8 Å². The molecule has 82 valence electrons. The van der Waals surface area contributed by atoms with Gasteiger partial charge < -0.3 is 10.5 Å². The van der Waals surface area contributed by atoms with Crippen LogP contribution in [0.3, 0.4) is 0 Å². The fourth-order valence-corrected chi connectivity index (χ4v) is 1.60. The van der Waals surface area contributed by atoms with Gasteiger partial charge in [0.2, 0.25) is 0 Å². The Morgan fingerprint density at radius 3 is 2.71 bits per heavy atom. The Labute approximate surface area is 90.1 Å². The van der Waals surface area contributed by atoms with Crippen molar-refractivity contribution in [2.24, 2.45) is 5.73 Å². The third-order valence-electron chi connectivity index (χ3n) is 1.23. The van der Waals surface area contributed by atoms with Crippen molar-refractivity contribution in [1.82, 2.24) is 0 Å². The molecule has 0 aromatic heterocycles. The van der Waals surface area contributed by atoms with Gasteiger partial charge in [0.15, 0.2) is 0 Å². The van der Waals surface area contributed by atoms with Crippen molar-refractivity contribution in [3.63, 3.8) is 0 Å². The SMILES string of the molecule is CCOC(=O)/C=C/CSCC(C)(C)N. The van der Waals surface area contributed by atoms with Crippen molar-refractivity contribution in [3.8, 4) is 0 Å². The molecule has 14 heavy (non-hydrogen) atoms. The van der Waals surface area contributed by atoms with Crippen molar-refractivity contribution in [3.05, 3.63) is 12.2 Å². The molecule has 4 heteroatoms. The first-order valence-electron chi connectivity index (χ1n) is 4.65. The second-order valence-electron chi connectivity index (χ2n) is 3.66. The lowest BCUT2D eigenvalue weighted by Crippen LogP contribution is -2.34. The fraction of sp³-hybridized carbons (Fsp3) is 0.700. The first-order valence-corrected chi connectivity index (χ1v) is 5.81. The molecule has 3 nitrogen and oxygen atoms in total. The molecule has 0 atom stereocenters. The largest absolute Gasteiger partial charge is 0.463 e. The van der Waals surface area contributed by atoms with E-state index in [1.807, 2.05) is 13.8 Å². The van der Waals surface area contributed by atoms with Gasteiger partial charge in [-0.05, 0) is 20.8 Å². The van der Waals surface area contributed by atoms with E-state index < -0.39 is 0 Å². The zero-order valence-electron chi connectivity index (χ0n) is 9.08. The first kappa shape index (κ1) is 13.5. The molecule has 0 aliphatic heterocycles. The van der Waals surface area contributed by atoms with Crippen LogP contribution in [0.25, 0.3) is 0 Å². The van der Waals surface area contributed by atoms with Gasteiger partial charge in [-0.15, -0.1) is 0 Å². The second kappa shape index (κ2) is 6.90. The van der Waals surface area contributed by atoms with Crippen molar-refractivity contribution in [2.45, 2.75) is 26.3 Å². The molecule has 0 unspecified atom stereocenters. The zero-order valence-corrected chi connectivity index (χ0v) is 9.89. The maximum atomic E-state index is 10.9. The fourth-order valence-electron chi connectivity index (χ4n) is 0.725. The normalized spacial score (nSPS) is 12.0. The quantitative estimate of drug-likeness (QED) is 0.417. The first-order chi connectivity index (χ1) is 6.45. The number of esters is 1. The monoisotopic (exact) mass is 217 g/mol. The number of rotatable bonds is 6. The van der Waals surface area contributed by atoms with Gasteiger partial charge in [0, 0.05) is 23.1 Å². The van der Waals surface area contributed by atoms with E-state index in [2.05, 4.69) is 0 Å². The Kier molecular flexibility index (Phi) is 6.66. The number of hydrogen-bond acceptors (Lipinski definition) is 4. The van der Waals surface area contributed by atoms with E-state index in [-0.39, 0.29) is 11.5 Å². The average Bonchev–Trinajstić information content (AvgIpc) is 2.02. The van der Waals surface area contributed by atoms with Crippen LogP contribution >= 0.6 is 11.8 Å². The number of carbonyl (C=O) groups is 1. The van der Waals surface area contributed by atoms with Gasteiger partial charge in [-0.25, -0.2) is 4.79 Å². The smallest absolute Gasteiger partial charge is 0.330 e. The van der Waals surface area contributed by atoms with Gasteiger partial charge in [0.05, 0.1) is 6.61 Å². The van der Waals surface area contributed by atoms with Crippen LogP contribution in [0.15, 0.2) is 12.2 Å². The van der Waals surface area contributed by atoms with Crippen LogP contribution in [0, 0.1) is 0 Å². The van der Waals surface area contributed by atoms with Gasteiger partial charge >= 0.3 is 5.97 Å². The highest BCUT2D eigenvalue weighted by Crippen LogP contribution is 2.09. The maximum Gasteiger partial charge on any atom is 0.330 e. The van der Waals surface area contributed by atoms with Crippen LogP contribution in [0.5, 0.6) is 0 Å². The molecule has 2 N–H and O–H groups in total. The van der Waals surface area contributed by atoms with Crippen LogP contribution in [0.2, 0.25) is 0 Å². The summed E-state index contributed by atoms with van der Waals surface area (Å²) in [4.78, 5) is 10.9. The molecule has 0 saturated carbocycles. The van der Waals surface area contributed by atoms with Crippen LogP contribution in [0.4, 0.5) is 0 Å². The van der Waals surface area contributed by atoms with Crippen molar-refractivity contribution in [1.29, 1.82) is 0 Å². The summed E-state index contributed by atoms with van der Waals surface area (Å²) in [6, 6.07) is 0. The highest BCUT2D eigenvalue weighted by Gasteiger charge is 2.08. The van der Waals surface area contributed by atoms with E-state index in [0.29, 0.717) is 6.61 Å². The van der Waals surface area contributed by atoms with E-state index in [1.165, 1.54) is 6.08 Å². The number of hydrogen-bond donors (Lipinski definition) is 1. The summed E-state index contributed by atoms with van der Waals surface area (Å²) in [5, 5.41) is 0. The third kappa shape index (κ3) is 9.61. The summed E-state index contributed by atoms with van der Waals surface area (Å²) < 4.78 is 4.73. The van der Waals surface area contributed by atoms with Gasteiger partial charge in [0.25, 0.3) is 0 Å². The Hall–Kier alpha value is -0.480. The van der Waals surface area contributed by atoms with Gasteiger partial charge in [-0.3, -0.25) is 0 Å². The summed E-state index contributed by atoms with van der Waals surface area (Å²) in [5.41, 5.74) is 5.64. The average molecular weight is 217 g/mol. The zero-order chi connectivity index (χ0) is 11.0. The number of thioether (sulfide) groups is 1. The Morgan fingerprint density at radius 2 is 2.21 bits per heavy atom. The Bertz CT molecular complexity index is 197. The van der Waals surface area contributed by atoms with Crippen molar-refractivity contribution < 1.29 is 9.53 Å². The van der Waals surface area contributed by atoms with Gasteiger partial charge in [-0.1, -0.05) is 6.08 Å². The lowest BCUT2D eigenvalue weighted by molar-refractivity contribution is -0.137. The second-order valence-corrected chi connectivity index (χ2v) is 4.69. The lowest BCUT2D eigenvalue weighted by Gasteiger charge is -2.16. The molecule has 0 bridgehead atoms. The van der Waals surface area contributed by atoms with Crippen molar-refractivity contribution in [2.75, 3.05) is 18.1 Å². The lowest BCUT2D eigenvalue weighted by atomic mass is 10.1. The van der Waals surface area contributed by atoms with Crippen LogP contribution in [0.1, 0.15) is 20.8 Å². The minimum atomic E-state index is -0.278. The molecule has 0 heterocycles. The van der Waals surface area contributed by atoms with E-state index >= 15 is 0 Å². The summed E-state index contributed by atoms with van der Waals surface area (Å²) >= 11 is 1.70. The topological polar surface area (TPSA) is 52.3 Å². The summed E-state index contributed by atoms with van der Waals surface area (Å²) in [6.45, 7) is 6.17. The number of nitrogens with two attached hydrogens (primary N) is 1. The number of carbonyl (C=O) groups excluding carboxylic acids is 1.